The molecular weight excluding hydrogens is 275 g/mol. The Labute approximate surface area is 121 Å². The molecule has 1 atom stereocenters. The molecule has 21 heavy (non-hydrogen) atoms. The summed E-state index contributed by atoms with van der Waals surface area (Å²) < 4.78 is 17.9. The van der Waals surface area contributed by atoms with E-state index in [0.29, 0.717) is 11.7 Å². The first-order chi connectivity index (χ1) is 9.77. The lowest BCUT2D eigenvalue weighted by atomic mass is 9.96. The maximum atomic E-state index is 12.7. The van der Waals surface area contributed by atoms with Gasteiger partial charge >= 0.3 is 0 Å². The molecule has 2 aromatic rings. The molecule has 0 aromatic carbocycles. The van der Waals surface area contributed by atoms with Crippen molar-refractivity contribution in [3.8, 4) is 0 Å². The summed E-state index contributed by atoms with van der Waals surface area (Å²) in [4.78, 5) is 19.7. The summed E-state index contributed by atoms with van der Waals surface area (Å²) in [5.74, 6) is -0.123. The maximum Gasteiger partial charge on any atom is 0.253 e. The van der Waals surface area contributed by atoms with Crippen molar-refractivity contribution in [2.24, 2.45) is 0 Å². The van der Waals surface area contributed by atoms with E-state index in [4.69, 9.17) is 4.52 Å². The Balaban J connectivity index is 2.07. The Morgan fingerprint density at radius 2 is 2.10 bits per heavy atom. The van der Waals surface area contributed by atoms with Crippen molar-refractivity contribution in [2.75, 3.05) is 0 Å². The summed E-state index contributed by atoms with van der Waals surface area (Å²) in [7, 11) is 0. The molecule has 0 aliphatic carbocycles. The SMILES string of the molecule is C[C@@H](NC(=O)c1ccc(F)nc1)c1nc(C(C)(C)C)no1. The zero-order valence-corrected chi connectivity index (χ0v) is 12.3. The van der Waals surface area contributed by atoms with Crippen LogP contribution in [0.2, 0.25) is 0 Å². The molecule has 0 aliphatic heterocycles. The highest BCUT2D eigenvalue weighted by Gasteiger charge is 2.24. The molecule has 1 N–H and O–H groups in total. The van der Waals surface area contributed by atoms with Gasteiger partial charge in [-0.05, 0) is 19.1 Å². The van der Waals surface area contributed by atoms with Gasteiger partial charge in [-0.25, -0.2) is 4.98 Å². The minimum absolute atomic E-state index is 0.230. The fourth-order valence-electron chi connectivity index (χ4n) is 1.57. The number of halogens is 1. The largest absolute Gasteiger partial charge is 0.340 e. The second-order valence-corrected chi connectivity index (χ2v) is 5.77. The van der Waals surface area contributed by atoms with Crippen LogP contribution >= 0.6 is 0 Å². The molecule has 2 rings (SSSR count). The van der Waals surface area contributed by atoms with Crippen LogP contribution in [0.5, 0.6) is 0 Å². The van der Waals surface area contributed by atoms with Crippen molar-refractivity contribution in [1.82, 2.24) is 20.4 Å². The molecule has 2 heterocycles. The van der Waals surface area contributed by atoms with Gasteiger partial charge in [0.25, 0.3) is 5.91 Å². The van der Waals surface area contributed by atoms with E-state index in [-0.39, 0.29) is 16.9 Å². The predicted molar refractivity (Wildman–Crippen MR) is 73.1 cm³/mol. The lowest BCUT2D eigenvalue weighted by Gasteiger charge is -2.12. The van der Waals surface area contributed by atoms with Gasteiger partial charge in [0.2, 0.25) is 11.8 Å². The summed E-state index contributed by atoms with van der Waals surface area (Å²) in [5.41, 5.74) is 0.0330. The summed E-state index contributed by atoms with van der Waals surface area (Å²) >= 11 is 0. The highest BCUT2D eigenvalue weighted by atomic mass is 19.1. The van der Waals surface area contributed by atoms with Crippen LogP contribution in [0.1, 0.15) is 55.8 Å². The van der Waals surface area contributed by atoms with Crippen LogP contribution in [0.25, 0.3) is 0 Å². The first kappa shape index (κ1) is 15.1. The average Bonchev–Trinajstić information content (AvgIpc) is 2.88. The van der Waals surface area contributed by atoms with Crippen LogP contribution in [0, 0.1) is 5.95 Å². The zero-order valence-electron chi connectivity index (χ0n) is 12.3. The summed E-state index contributed by atoms with van der Waals surface area (Å²) in [6.45, 7) is 7.63. The number of hydrogen-bond donors (Lipinski definition) is 1. The Bertz CT molecular complexity index is 631. The minimum Gasteiger partial charge on any atom is -0.340 e. The summed E-state index contributed by atoms with van der Waals surface area (Å²) in [6.07, 6.45) is 1.17. The molecule has 1 amide bonds. The number of nitrogens with zero attached hydrogens (tertiary/aromatic N) is 3. The molecule has 0 spiro atoms. The fraction of sp³-hybridized carbons (Fsp3) is 0.429. The number of hydrogen-bond acceptors (Lipinski definition) is 5. The maximum absolute atomic E-state index is 12.7. The second-order valence-electron chi connectivity index (χ2n) is 5.77. The third-order valence-corrected chi connectivity index (χ3v) is 2.82. The number of pyridine rings is 1. The van der Waals surface area contributed by atoms with Gasteiger partial charge in [0.15, 0.2) is 5.82 Å². The number of carbonyl (C=O) groups is 1. The van der Waals surface area contributed by atoms with Crippen LogP contribution in [-0.4, -0.2) is 21.0 Å². The Morgan fingerprint density at radius 3 is 2.62 bits per heavy atom. The monoisotopic (exact) mass is 292 g/mol. The van der Waals surface area contributed by atoms with E-state index >= 15 is 0 Å². The molecule has 0 fully saturated rings. The lowest BCUT2D eigenvalue weighted by molar-refractivity contribution is 0.0932. The normalized spacial score (nSPS) is 13.0. The fourth-order valence-corrected chi connectivity index (χ4v) is 1.57. The van der Waals surface area contributed by atoms with Crippen molar-refractivity contribution < 1.29 is 13.7 Å². The zero-order chi connectivity index (χ0) is 15.6. The summed E-state index contributed by atoms with van der Waals surface area (Å²) in [5, 5.41) is 6.60. The van der Waals surface area contributed by atoms with Gasteiger partial charge in [-0.3, -0.25) is 4.79 Å². The van der Waals surface area contributed by atoms with E-state index in [1.807, 2.05) is 20.8 Å². The molecular formula is C14H17FN4O2. The summed E-state index contributed by atoms with van der Waals surface area (Å²) in [6, 6.07) is 2.04. The second kappa shape index (κ2) is 5.59. The molecule has 0 saturated carbocycles. The van der Waals surface area contributed by atoms with Gasteiger partial charge in [-0.2, -0.15) is 9.37 Å². The van der Waals surface area contributed by atoms with E-state index in [2.05, 4.69) is 20.4 Å². The van der Waals surface area contributed by atoms with Crippen molar-refractivity contribution in [1.29, 1.82) is 0 Å². The number of amides is 1. The average molecular weight is 292 g/mol. The lowest BCUT2D eigenvalue weighted by Crippen LogP contribution is -2.27. The Hall–Kier alpha value is -2.31. The standard InChI is InChI=1S/C14H17FN4O2/c1-8(12-18-13(19-21-12)14(2,3)4)17-11(20)9-5-6-10(15)16-7-9/h5-8H,1-4H3,(H,17,20)/t8-/m1/s1. The first-order valence-corrected chi connectivity index (χ1v) is 6.54. The molecule has 7 heteroatoms. The van der Waals surface area contributed by atoms with E-state index in [9.17, 15) is 9.18 Å². The van der Waals surface area contributed by atoms with Crippen LogP contribution in [0.4, 0.5) is 4.39 Å². The molecule has 0 bridgehead atoms. The Morgan fingerprint density at radius 1 is 1.38 bits per heavy atom. The third-order valence-electron chi connectivity index (χ3n) is 2.82. The first-order valence-electron chi connectivity index (χ1n) is 6.54. The van der Waals surface area contributed by atoms with Crippen molar-refractivity contribution in [3.05, 3.63) is 41.6 Å². The van der Waals surface area contributed by atoms with E-state index in [1.165, 1.54) is 12.3 Å². The third kappa shape index (κ3) is 3.62. The Kier molecular flexibility index (Phi) is 4.02. The van der Waals surface area contributed by atoms with Gasteiger partial charge in [0.05, 0.1) is 5.56 Å². The number of rotatable bonds is 3. The highest BCUT2D eigenvalue weighted by Crippen LogP contribution is 2.20. The van der Waals surface area contributed by atoms with Gasteiger partial charge < -0.3 is 9.84 Å². The molecule has 112 valence electrons. The van der Waals surface area contributed by atoms with Crippen LogP contribution in [0.15, 0.2) is 22.9 Å². The van der Waals surface area contributed by atoms with Gasteiger partial charge in [0.1, 0.15) is 6.04 Å². The van der Waals surface area contributed by atoms with Crippen molar-refractivity contribution >= 4 is 5.91 Å². The van der Waals surface area contributed by atoms with Crippen molar-refractivity contribution in [2.45, 2.75) is 39.2 Å². The van der Waals surface area contributed by atoms with Crippen LogP contribution < -0.4 is 5.32 Å². The number of carbonyl (C=O) groups excluding carboxylic acids is 1. The smallest absolute Gasteiger partial charge is 0.253 e. The van der Waals surface area contributed by atoms with Gasteiger partial charge in [-0.1, -0.05) is 25.9 Å². The van der Waals surface area contributed by atoms with E-state index in [1.54, 1.807) is 6.92 Å². The topological polar surface area (TPSA) is 80.9 Å². The molecule has 0 unspecified atom stereocenters. The molecule has 0 radical (unpaired) electrons. The minimum atomic E-state index is -0.633. The van der Waals surface area contributed by atoms with Crippen LogP contribution in [-0.2, 0) is 5.41 Å². The van der Waals surface area contributed by atoms with Gasteiger partial charge in [-0.15, -0.1) is 0 Å². The number of aromatic nitrogens is 3. The molecule has 0 saturated heterocycles. The number of nitrogens with one attached hydrogen (secondary N) is 1. The predicted octanol–water partition coefficient (Wildman–Crippen LogP) is 2.39. The molecule has 2 aromatic heterocycles. The highest BCUT2D eigenvalue weighted by molar-refractivity contribution is 5.93. The molecule has 6 nitrogen and oxygen atoms in total. The van der Waals surface area contributed by atoms with Gasteiger partial charge in [0, 0.05) is 11.6 Å². The van der Waals surface area contributed by atoms with E-state index in [0.717, 1.165) is 6.07 Å². The van der Waals surface area contributed by atoms with Crippen molar-refractivity contribution in [3.63, 3.8) is 0 Å². The quantitative estimate of drug-likeness (QED) is 0.878. The van der Waals surface area contributed by atoms with E-state index < -0.39 is 12.0 Å². The van der Waals surface area contributed by atoms with Crippen LogP contribution in [0.3, 0.4) is 0 Å². The molecule has 0 aliphatic rings.